The van der Waals surface area contributed by atoms with E-state index in [4.69, 9.17) is 0 Å². The summed E-state index contributed by atoms with van der Waals surface area (Å²) in [5, 5.41) is 9.83. The van der Waals surface area contributed by atoms with Gasteiger partial charge in [-0.15, -0.1) is 0 Å². The number of anilines is 2. The number of hydrogen-bond acceptors (Lipinski definition) is 3. The first-order valence-corrected chi connectivity index (χ1v) is 7.62. The third kappa shape index (κ3) is 2.89. The van der Waals surface area contributed by atoms with Crippen molar-refractivity contribution in [3.05, 3.63) is 24.3 Å². The van der Waals surface area contributed by atoms with Crippen molar-refractivity contribution < 1.29 is 4.79 Å². The number of carbonyl (C=O) groups is 1. The van der Waals surface area contributed by atoms with Gasteiger partial charge in [0.15, 0.2) is 0 Å². The summed E-state index contributed by atoms with van der Waals surface area (Å²) in [7, 11) is 0. The van der Waals surface area contributed by atoms with E-state index < -0.39 is 0 Å². The predicted molar refractivity (Wildman–Crippen MR) is 81.9 cm³/mol. The van der Waals surface area contributed by atoms with E-state index in [1.54, 1.807) is 0 Å². The zero-order valence-corrected chi connectivity index (χ0v) is 12.0. The Balaban J connectivity index is 1.56. The van der Waals surface area contributed by atoms with E-state index in [0.717, 1.165) is 30.1 Å². The summed E-state index contributed by atoms with van der Waals surface area (Å²) in [6, 6.07) is 8.19. The second-order valence-electron chi connectivity index (χ2n) is 6.09. The average Bonchev–Trinajstić information content (AvgIpc) is 2.49. The largest absolute Gasteiger partial charge is 0.381 e. The Kier molecular flexibility index (Phi) is 3.81. The maximum atomic E-state index is 12.3. The zero-order valence-electron chi connectivity index (χ0n) is 12.0. The van der Waals surface area contributed by atoms with Crippen molar-refractivity contribution in [1.82, 2.24) is 5.32 Å². The van der Waals surface area contributed by atoms with Gasteiger partial charge < -0.3 is 16.0 Å². The normalized spacial score (nSPS) is 28.8. The van der Waals surface area contributed by atoms with Crippen LogP contribution in [0.4, 0.5) is 11.4 Å². The molecular formula is C16H23N3O. The topological polar surface area (TPSA) is 53.2 Å². The van der Waals surface area contributed by atoms with Crippen LogP contribution in [0.1, 0.15) is 32.6 Å². The number of rotatable bonds is 2. The van der Waals surface area contributed by atoms with E-state index in [1.165, 1.54) is 12.8 Å². The molecule has 20 heavy (non-hydrogen) atoms. The number of nitrogens with one attached hydrogen (secondary N) is 3. The summed E-state index contributed by atoms with van der Waals surface area (Å²) in [5.74, 6) is 0.927. The van der Waals surface area contributed by atoms with Gasteiger partial charge in [-0.05, 0) is 43.7 Å². The van der Waals surface area contributed by atoms with Crippen molar-refractivity contribution in [3.8, 4) is 0 Å². The minimum Gasteiger partial charge on any atom is -0.381 e. The van der Waals surface area contributed by atoms with E-state index in [0.29, 0.717) is 12.6 Å². The van der Waals surface area contributed by atoms with E-state index in [-0.39, 0.29) is 11.9 Å². The number of benzene rings is 1. The highest BCUT2D eigenvalue weighted by Crippen LogP contribution is 2.26. The van der Waals surface area contributed by atoms with Crippen LogP contribution < -0.4 is 16.0 Å². The summed E-state index contributed by atoms with van der Waals surface area (Å²) in [4.78, 5) is 12.3. The Labute approximate surface area is 120 Å². The first-order valence-electron chi connectivity index (χ1n) is 7.62. The highest BCUT2D eigenvalue weighted by molar-refractivity contribution is 5.88. The highest BCUT2D eigenvalue weighted by atomic mass is 16.2. The molecule has 3 N–H and O–H groups in total. The van der Waals surface area contributed by atoms with Crippen LogP contribution in [0.15, 0.2) is 24.3 Å². The molecule has 1 amide bonds. The van der Waals surface area contributed by atoms with Crippen LogP contribution in [-0.2, 0) is 4.79 Å². The molecule has 1 heterocycles. The Morgan fingerprint density at radius 2 is 1.85 bits per heavy atom. The van der Waals surface area contributed by atoms with Crippen molar-refractivity contribution in [2.24, 2.45) is 5.92 Å². The van der Waals surface area contributed by atoms with Crippen LogP contribution >= 0.6 is 0 Å². The summed E-state index contributed by atoms with van der Waals surface area (Å²) < 4.78 is 0. The predicted octanol–water partition coefficient (Wildman–Crippen LogP) is 2.59. The maximum absolute atomic E-state index is 12.3. The van der Waals surface area contributed by atoms with Gasteiger partial charge in [0.05, 0.1) is 11.4 Å². The molecule has 0 aromatic heterocycles. The van der Waals surface area contributed by atoms with E-state index in [1.807, 2.05) is 24.3 Å². The van der Waals surface area contributed by atoms with Crippen LogP contribution in [0.5, 0.6) is 0 Å². The zero-order chi connectivity index (χ0) is 13.9. The molecule has 0 spiro atoms. The number of amides is 1. The Hall–Kier alpha value is -1.71. The smallest absolute Gasteiger partial charge is 0.244 e. The molecule has 1 fully saturated rings. The van der Waals surface area contributed by atoms with Crippen LogP contribution in [-0.4, -0.2) is 24.5 Å². The molecule has 1 saturated carbocycles. The van der Waals surface area contributed by atoms with Gasteiger partial charge in [0.25, 0.3) is 0 Å². The highest BCUT2D eigenvalue weighted by Gasteiger charge is 2.26. The number of para-hydroxylation sites is 2. The summed E-state index contributed by atoms with van der Waals surface area (Å²) in [5.41, 5.74) is 2.08. The molecule has 4 nitrogen and oxygen atoms in total. The lowest BCUT2D eigenvalue weighted by Gasteiger charge is -2.31. The molecule has 108 valence electrons. The van der Waals surface area contributed by atoms with Crippen molar-refractivity contribution in [2.75, 3.05) is 17.2 Å². The third-order valence-corrected chi connectivity index (χ3v) is 4.43. The van der Waals surface area contributed by atoms with Crippen molar-refractivity contribution in [1.29, 1.82) is 0 Å². The Morgan fingerprint density at radius 3 is 2.60 bits per heavy atom. The lowest BCUT2D eigenvalue weighted by Crippen LogP contribution is -2.49. The second kappa shape index (κ2) is 5.73. The van der Waals surface area contributed by atoms with E-state index in [9.17, 15) is 4.79 Å². The van der Waals surface area contributed by atoms with Crippen LogP contribution in [0.25, 0.3) is 0 Å². The fraction of sp³-hybridized carbons (Fsp3) is 0.562. The number of fused-ring (bicyclic) bond motifs is 1. The van der Waals surface area contributed by atoms with Crippen molar-refractivity contribution in [2.45, 2.75) is 44.7 Å². The first-order chi connectivity index (χ1) is 9.72. The summed E-state index contributed by atoms with van der Waals surface area (Å²) in [6.07, 6.45) is 4.68. The molecule has 1 unspecified atom stereocenters. The lowest BCUT2D eigenvalue weighted by atomic mass is 9.87. The van der Waals surface area contributed by atoms with Gasteiger partial charge in [0, 0.05) is 12.6 Å². The molecule has 2 aliphatic rings. The molecule has 1 aliphatic heterocycles. The van der Waals surface area contributed by atoms with Crippen LogP contribution in [0, 0.1) is 5.92 Å². The van der Waals surface area contributed by atoms with Gasteiger partial charge in [-0.25, -0.2) is 0 Å². The SMILES string of the molecule is CC1CCC(NC(=O)C2CNc3ccccc3N2)CC1. The second-order valence-corrected chi connectivity index (χ2v) is 6.09. The standard InChI is InChI=1S/C16H23N3O/c1-11-6-8-12(9-7-11)18-16(20)15-10-17-13-4-2-3-5-14(13)19-15/h2-5,11-12,15,17,19H,6-10H2,1H3,(H,18,20). The molecule has 0 saturated heterocycles. The molecule has 0 radical (unpaired) electrons. The quantitative estimate of drug-likeness (QED) is 0.776. The molecule has 1 aromatic rings. The van der Waals surface area contributed by atoms with E-state index >= 15 is 0 Å². The van der Waals surface area contributed by atoms with Gasteiger partial charge in [-0.1, -0.05) is 19.1 Å². The lowest BCUT2D eigenvalue weighted by molar-refractivity contribution is -0.122. The monoisotopic (exact) mass is 273 g/mol. The Bertz CT molecular complexity index is 480. The Morgan fingerprint density at radius 1 is 1.15 bits per heavy atom. The molecule has 3 rings (SSSR count). The average molecular weight is 273 g/mol. The van der Waals surface area contributed by atoms with Crippen molar-refractivity contribution >= 4 is 17.3 Å². The first kappa shape index (κ1) is 13.3. The van der Waals surface area contributed by atoms with Gasteiger partial charge in [-0.2, -0.15) is 0 Å². The minimum absolute atomic E-state index is 0.117. The van der Waals surface area contributed by atoms with E-state index in [2.05, 4.69) is 22.9 Å². The molecule has 4 heteroatoms. The van der Waals surface area contributed by atoms with Gasteiger partial charge in [0.2, 0.25) is 5.91 Å². The van der Waals surface area contributed by atoms with Gasteiger partial charge >= 0.3 is 0 Å². The fourth-order valence-electron chi connectivity index (χ4n) is 3.08. The third-order valence-electron chi connectivity index (χ3n) is 4.43. The summed E-state index contributed by atoms with van der Waals surface area (Å²) in [6.45, 7) is 2.94. The molecule has 1 aromatic carbocycles. The van der Waals surface area contributed by atoms with Crippen LogP contribution in [0.2, 0.25) is 0 Å². The molecule has 1 aliphatic carbocycles. The summed E-state index contributed by atoms with van der Waals surface area (Å²) >= 11 is 0. The molecular weight excluding hydrogens is 250 g/mol. The minimum atomic E-state index is -0.177. The maximum Gasteiger partial charge on any atom is 0.244 e. The number of hydrogen-bond donors (Lipinski definition) is 3. The molecule has 0 bridgehead atoms. The van der Waals surface area contributed by atoms with Gasteiger partial charge in [0.1, 0.15) is 6.04 Å². The van der Waals surface area contributed by atoms with Crippen LogP contribution in [0.3, 0.4) is 0 Å². The van der Waals surface area contributed by atoms with Crippen molar-refractivity contribution in [3.63, 3.8) is 0 Å². The van der Waals surface area contributed by atoms with Gasteiger partial charge in [-0.3, -0.25) is 4.79 Å². The molecule has 1 atom stereocenters. The number of carbonyl (C=O) groups excluding carboxylic acids is 1. The fourth-order valence-corrected chi connectivity index (χ4v) is 3.08.